The first-order valence-corrected chi connectivity index (χ1v) is 6.63. The van der Waals surface area contributed by atoms with Crippen molar-refractivity contribution >= 4 is 40.9 Å². The van der Waals surface area contributed by atoms with Gasteiger partial charge in [-0.15, -0.1) is 23.2 Å². The van der Waals surface area contributed by atoms with Crippen molar-refractivity contribution in [2.24, 2.45) is 5.41 Å². The van der Waals surface area contributed by atoms with Crippen LogP contribution in [0.4, 0.5) is 0 Å². The second-order valence-corrected chi connectivity index (χ2v) is 6.83. The Labute approximate surface area is 98.3 Å². The normalized spacial score (nSPS) is 35.5. The van der Waals surface area contributed by atoms with E-state index in [0.717, 1.165) is 24.6 Å². The van der Waals surface area contributed by atoms with Crippen LogP contribution < -0.4 is 0 Å². The van der Waals surface area contributed by atoms with Crippen LogP contribution in [0.5, 0.6) is 0 Å². The molecule has 2 aliphatic rings. The lowest BCUT2D eigenvalue weighted by Gasteiger charge is -2.29. The Morgan fingerprint density at radius 2 is 1.86 bits per heavy atom. The molecule has 0 aromatic carbocycles. The van der Waals surface area contributed by atoms with E-state index in [1.54, 1.807) is 0 Å². The Hall–Kier alpha value is 0.400. The maximum atomic E-state index is 12.0. The quantitative estimate of drug-likeness (QED) is 0.668. The Balaban J connectivity index is 2.02. The van der Waals surface area contributed by atoms with Gasteiger partial charge in [0.1, 0.15) is 4.33 Å². The van der Waals surface area contributed by atoms with E-state index in [1.807, 2.05) is 23.6 Å². The molecule has 0 bridgehead atoms. The van der Waals surface area contributed by atoms with Crippen LogP contribution in [0.25, 0.3) is 0 Å². The molecule has 2 fully saturated rings. The molecule has 0 aromatic rings. The van der Waals surface area contributed by atoms with Gasteiger partial charge in [0.15, 0.2) is 0 Å². The van der Waals surface area contributed by atoms with Crippen LogP contribution in [0.1, 0.15) is 13.3 Å². The van der Waals surface area contributed by atoms with Gasteiger partial charge in [-0.05, 0) is 13.3 Å². The minimum Gasteiger partial charge on any atom is -0.340 e. The van der Waals surface area contributed by atoms with E-state index in [1.165, 1.54) is 0 Å². The van der Waals surface area contributed by atoms with Crippen molar-refractivity contribution in [3.63, 3.8) is 0 Å². The maximum absolute atomic E-state index is 12.0. The highest BCUT2D eigenvalue weighted by Crippen LogP contribution is 2.64. The summed E-state index contributed by atoms with van der Waals surface area (Å²) >= 11 is 13.8. The number of carbonyl (C=O) groups is 1. The first-order chi connectivity index (χ1) is 6.47. The van der Waals surface area contributed by atoms with E-state index in [2.05, 4.69) is 0 Å². The third kappa shape index (κ3) is 1.63. The number of hydrogen-bond donors (Lipinski definition) is 0. The second-order valence-electron chi connectivity index (χ2n) is 4.12. The van der Waals surface area contributed by atoms with E-state index >= 15 is 0 Å². The van der Waals surface area contributed by atoms with Crippen LogP contribution in [-0.2, 0) is 4.79 Å². The topological polar surface area (TPSA) is 20.3 Å². The molecule has 1 heterocycles. The molecule has 2 nitrogen and oxygen atoms in total. The summed E-state index contributed by atoms with van der Waals surface area (Å²) in [6.45, 7) is 3.53. The van der Waals surface area contributed by atoms with Crippen LogP contribution in [-0.4, -0.2) is 39.7 Å². The molecule has 2 rings (SSSR count). The third-order valence-electron chi connectivity index (χ3n) is 3.03. The van der Waals surface area contributed by atoms with Gasteiger partial charge in [0, 0.05) is 24.6 Å². The summed E-state index contributed by atoms with van der Waals surface area (Å²) in [7, 11) is 0. The van der Waals surface area contributed by atoms with E-state index in [9.17, 15) is 4.79 Å². The highest BCUT2D eigenvalue weighted by Gasteiger charge is 2.68. The number of nitrogens with zero attached hydrogens (tertiary/aromatic N) is 1. The number of thioether (sulfide) groups is 1. The zero-order chi connectivity index (χ0) is 10.4. The van der Waals surface area contributed by atoms with Gasteiger partial charge in [0.25, 0.3) is 0 Å². The Bertz CT molecular complexity index is 266. The summed E-state index contributed by atoms with van der Waals surface area (Å²) in [6.07, 6.45) is 0.589. The van der Waals surface area contributed by atoms with Crippen molar-refractivity contribution in [3.8, 4) is 0 Å². The summed E-state index contributed by atoms with van der Waals surface area (Å²) in [6, 6.07) is 0. The molecule has 1 aliphatic heterocycles. The average molecular weight is 254 g/mol. The van der Waals surface area contributed by atoms with Gasteiger partial charge in [-0.3, -0.25) is 4.79 Å². The molecule has 1 saturated carbocycles. The molecule has 5 heteroatoms. The van der Waals surface area contributed by atoms with Crippen molar-refractivity contribution in [2.75, 3.05) is 24.6 Å². The largest absolute Gasteiger partial charge is 0.340 e. The Morgan fingerprint density at radius 3 is 2.29 bits per heavy atom. The third-order valence-corrected chi connectivity index (χ3v) is 5.07. The summed E-state index contributed by atoms with van der Waals surface area (Å²) in [4.78, 5) is 13.9. The molecule has 1 saturated heterocycles. The highest BCUT2D eigenvalue weighted by molar-refractivity contribution is 7.99. The number of carbonyl (C=O) groups excluding carboxylic acids is 1. The monoisotopic (exact) mass is 253 g/mol. The molecule has 1 unspecified atom stereocenters. The molecule has 1 aliphatic carbocycles. The van der Waals surface area contributed by atoms with Crippen LogP contribution in [0, 0.1) is 5.41 Å². The molecule has 0 N–H and O–H groups in total. The van der Waals surface area contributed by atoms with Crippen LogP contribution in [0.15, 0.2) is 0 Å². The predicted octanol–water partition coefficient (Wildman–Crippen LogP) is 2.15. The molecule has 1 amide bonds. The lowest BCUT2D eigenvalue weighted by Crippen LogP contribution is -2.43. The van der Waals surface area contributed by atoms with Crippen LogP contribution >= 0.6 is 35.0 Å². The summed E-state index contributed by atoms with van der Waals surface area (Å²) < 4.78 is -0.825. The van der Waals surface area contributed by atoms with Crippen molar-refractivity contribution in [1.82, 2.24) is 4.90 Å². The zero-order valence-electron chi connectivity index (χ0n) is 8.06. The van der Waals surface area contributed by atoms with Crippen LogP contribution in [0.2, 0.25) is 0 Å². The second kappa shape index (κ2) is 3.46. The Kier molecular flexibility index (Phi) is 2.70. The maximum Gasteiger partial charge on any atom is 0.231 e. The highest BCUT2D eigenvalue weighted by atomic mass is 35.5. The van der Waals surface area contributed by atoms with E-state index in [-0.39, 0.29) is 5.91 Å². The standard InChI is InChI=1S/C9H13Cl2NOS/c1-8(6-9(8,10)11)7(13)12-2-4-14-5-3-12/h2-6H2,1H3. The molecular weight excluding hydrogens is 241 g/mol. The van der Waals surface area contributed by atoms with Crippen molar-refractivity contribution in [2.45, 2.75) is 17.7 Å². The lowest BCUT2D eigenvalue weighted by atomic mass is 10.1. The van der Waals surface area contributed by atoms with Crippen LogP contribution in [0.3, 0.4) is 0 Å². The zero-order valence-corrected chi connectivity index (χ0v) is 10.4. The molecule has 0 spiro atoms. The van der Waals surface area contributed by atoms with Gasteiger partial charge < -0.3 is 4.90 Å². The molecule has 0 aromatic heterocycles. The SMILES string of the molecule is CC1(C(=O)N2CCSCC2)CC1(Cl)Cl. The van der Waals surface area contributed by atoms with Gasteiger partial charge >= 0.3 is 0 Å². The van der Waals surface area contributed by atoms with Gasteiger partial charge in [0.2, 0.25) is 5.91 Å². The van der Waals surface area contributed by atoms with Gasteiger partial charge in [-0.25, -0.2) is 0 Å². The van der Waals surface area contributed by atoms with E-state index in [4.69, 9.17) is 23.2 Å². The minimum atomic E-state index is -0.825. The van der Waals surface area contributed by atoms with Crippen molar-refractivity contribution < 1.29 is 4.79 Å². The Morgan fingerprint density at radius 1 is 1.36 bits per heavy atom. The smallest absolute Gasteiger partial charge is 0.231 e. The minimum absolute atomic E-state index is 0.128. The predicted molar refractivity (Wildman–Crippen MR) is 61.1 cm³/mol. The average Bonchev–Trinajstić information content (AvgIpc) is 2.68. The molecule has 1 atom stereocenters. The van der Waals surface area contributed by atoms with Crippen molar-refractivity contribution in [3.05, 3.63) is 0 Å². The summed E-state index contributed by atoms with van der Waals surface area (Å²) in [5.41, 5.74) is -0.530. The first kappa shape index (κ1) is 10.9. The van der Waals surface area contributed by atoms with E-state index in [0.29, 0.717) is 6.42 Å². The summed E-state index contributed by atoms with van der Waals surface area (Å²) in [5.74, 6) is 2.18. The fourth-order valence-electron chi connectivity index (χ4n) is 1.75. The van der Waals surface area contributed by atoms with Gasteiger partial charge in [0.05, 0.1) is 5.41 Å². The number of alkyl halides is 2. The van der Waals surface area contributed by atoms with Gasteiger partial charge in [-0.2, -0.15) is 11.8 Å². The van der Waals surface area contributed by atoms with Crippen molar-refractivity contribution in [1.29, 1.82) is 0 Å². The molecule has 80 valence electrons. The first-order valence-electron chi connectivity index (χ1n) is 4.72. The molecule has 14 heavy (non-hydrogen) atoms. The summed E-state index contributed by atoms with van der Waals surface area (Å²) in [5, 5.41) is 0. The number of halogens is 2. The molecular formula is C9H13Cl2NOS. The number of rotatable bonds is 1. The number of amides is 1. The van der Waals surface area contributed by atoms with E-state index < -0.39 is 9.75 Å². The lowest BCUT2D eigenvalue weighted by molar-refractivity contribution is -0.136. The molecule has 0 radical (unpaired) electrons. The fourth-order valence-corrected chi connectivity index (χ4v) is 3.35. The fraction of sp³-hybridized carbons (Fsp3) is 0.889. The number of hydrogen-bond acceptors (Lipinski definition) is 2. The van der Waals surface area contributed by atoms with Gasteiger partial charge in [-0.1, -0.05) is 0 Å².